The van der Waals surface area contributed by atoms with Crippen LogP contribution in [0.5, 0.6) is 0 Å². The van der Waals surface area contributed by atoms with Crippen molar-refractivity contribution in [1.29, 1.82) is 5.41 Å². The average molecular weight is 201 g/mol. The van der Waals surface area contributed by atoms with E-state index in [4.69, 9.17) is 5.41 Å². The normalized spacial score (nSPS) is 15.8. The minimum absolute atomic E-state index is 0.248. The standard InChI is InChI=1S/C10H11N5/c1-3-8-7(2)9(11)15(14-8)10-12-5-4-6-13-10/h4-6,11H,2-3H2,1H3. The smallest absolute Gasteiger partial charge is 0.252 e. The topological polar surface area (TPSA) is 65.2 Å². The number of hydrazone groups is 1. The first-order valence-corrected chi connectivity index (χ1v) is 4.67. The molecule has 0 atom stereocenters. The lowest BCUT2D eigenvalue weighted by Gasteiger charge is -2.10. The van der Waals surface area contributed by atoms with Crippen molar-refractivity contribution in [3.05, 3.63) is 30.6 Å². The molecule has 0 saturated carbocycles. The van der Waals surface area contributed by atoms with Crippen LogP contribution in [0.2, 0.25) is 0 Å². The summed E-state index contributed by atoms with van der Waals surface area (Å²) in [6, 6.07) is 1.72. The van der Waals surface area contributed by atoms with Crippen LogP contribution in [0.3, 0.4) is 0 Å². The monoisotopic (exact) mass is 201 g/mol. The highest BCUT2D eigenvalue weighted by atomic mass is 15.5. The molecule has 0 spiro atoms. The third-order valence-corrected chi connectivity index (χ3v) is 2.14. The molecule has 15 heavy (non-hydrogen) atoms. The lowest BCUT2D eigenvalue weighted by molar-refractivity contribution is 1.01. The maximum atomic E-state index is 7.81. The number of hydrogen-bond donors (Lipinski definition) is 1. The van der Waals surface area contributed by atoms with Gasteiger partial charge in [-0.1, -0.05) is 13.5 Å². The van der Waals surface area contributed by atoms with Gasteiger partial charge < -0.3 is 0 Å². The number of rotatable bonds is 2. The van der Waals surface area contributed by atoms with E-state index in [9.17, 15) is 0 Å². The van der Waals surface area contributed by atoms with E-state index in [0.29, 0.717) is 11.5 Å². The zero-order valence-electron chi connectivity index (χ0n) is 8.44. The van der Waals surface area contributed by atoms with Crippen molar-refractivity contribution in [2.75, 3.05) is 5.01 Å². The second-order valence-electron chi connectivity index (χ2n) is 3.09. The molecule has 0 fully saturated rings. The number of nitrogens with one attached hydrogen (secondary N) is 1. The van der Waals surface area contributed by atoms with Gasteiger partial charge in [0, 0.05) is 18.0 Å². The van der Waals surface area contributed by atoms with Crippen LogP contribution < -0.4 is 5.01 Å². The molecule has 0 unspecified atom stereocenters. The Morgan fingerprint density at radius 2 is 2.07 bits per heavy atom. The van der Waals surface area contributed by atoms with Crippen LogP contribution in [0.4, 0.5) is 5.95 Å². The van der Waals surface area contributed by atoms with Gasteiger partial charge in [-0.15, -0.1) is 0 Å². The predicted molar refractivity (Wildman–Crippen MR) is 59.1 cm³/mol. The SMILES string of the molecule is C=C1C(=N)N(c2ncccn2)N=C1CC. The molecule has 2 rings (SSSR count). The summed E-state index contributed by atoms with van der Waals surface area (Å²) in [5, 5.41) is 13.5. The third-order valence-electron chi connectivity index (χ3n) is 2.14. The van der Waals surface area contributed by atoms with E-state index in [1.807, 2.05) is 6.92 Å². The average Bonchev–Trinajstić information content (AvgIpc) is 2.57. The summed E-state index contributed by atoms with van der Waals surface area (Å²) in [4.78, 5) is 8.08. The van der Waals surface area contributed by atoms with Crippen LogP contribution >= 0.6 is 0 Å². The molecule has 0 aliphatic carbocycles. The van der Waals surface area contributed by atoms with Crippen molar-refractivity contribution < 1.29 is 0 Å². The summed E-state index contributed by atoms with van der Waals surface area (Å²) in [5.41, 5.74) is 1.46. The molecule has 5 heteroatoms. The third kappa shape index (κ3) is 1.52. The van der Waals surface area contributed by atoms with Gasteiger partial charge in [0.25, 0.3) is 5.95 Å². The van der Waals surface area contributed by atoms with Crippen LogP contribution in [-0.4, -0.2) is 21.5 Å². The van der Waals surface area contributed by atoms with Crippen LogP contribution in [0.1, 0.15) is 13.3 Å². The Kier molecular flexibility index (Phi) is 2.29. The summed E-state index contributed by atoms with van der Waals surface area (Å²) in [6.07, 6.45) is 4.00. The van der Waals surface area contributed by atoms with Crippen LogP contribution in [0.25, 0.3) is 0 Å². The predicted octanol–water partition coefficient (Wildman–Crippen LogP) is 1.60. The van der Waals surface area contributed by atoms with Crippen molar-refractivity contribution in [3.8, 4) is 0 Å². The van der Waals surface area contributed by atoms with E-state index < -0.39 is 0 Å². The van der Waals surface area contributed by atoms with Gasteiger partial charge >= 0.3 is 0 Å². The van der Waals surface area contributed by atoms with Crippen LogP contribution in [-0.2, 0) is 0 Å². The number of hydrogen-bond acceptors (Lipinski definition) is 4. The van der Waals surface area contributed by atoms with Gasteiger partial charge in [0.05, 0.1) is 5.71 Å². The maximum absolute atomic E-state index is 7.81. The lowest BCUT2D eigenvalue weighted by Crippen LogP contribution is -2.22. The number of anilines is 1. The zero-order valence-corrected chi connectivity index (χ0v) is 8.44. The molecule has 1 aliphatic rings. The van der Waals surface area contributed by atoms with E-state index in [1.165, 1.54) is 5.01 Å². The number of amidine groups is 1. The van der Waals surface area contributed by atoms with Crippen molar-refractivity contribution in [2.45, 2.75) is 13.3 Å². The fraction of sp³-hybridized carbons (Fsp3) is 0.200. The highest BCUT2D eigenvalue weighted by Gasteiger charge is 2.26. The van der Waals surface area contributed by atoms with E-state index >= 15 is 0 Å². The Bertz CT molecular complexity index is 434. The molecule has 0 amide bonds. The minimum Gasteiger partial charge on any atom is -0.282 e. The Morgan fingerprint density at radius 3 is 2.60 bits per heavy atom. The fourth-order valence-corrected chi connectivity index (χ4v) is 1.32. The first-order valence-electron chi connectivity index (χ1n) is 4.67. The molecule has 1 N–H and O–H groups in total. The highest BCUT2D eigenvalue weighted by molar-refractivity contribution is 6.30. The zero-order chi connectivity index (χ0) is 10.8. The van der Waals surface area contributed by atoms with Gasteiger partial charge in [0.1, 0.15) is 0 Å². The Morgan fingerprint density at radius 1 is 1.40 bits per heavy atom. The molecular weight excluding hydrogens is 190 g/mol. The molecule has 0 aromatic carbocycles. The molecule has 5 nitrogen and oxygen atoms in total. The van der Waals surface area contributed by atoms with Crippen molar-refractivity contribution in [2.24, 2.45) is 5.10 Å². The van der Waals surface area contributed by atoms with Gasteiger partial charge in [0.2, 0.25) is 0 Å². The highest BCUT2D eigenvalue weighted by Crippen LogP contribution is 2.19. The van der Waals surface area contributed by atoms with Gasteiger partial charge in [-0.25, -0.2) is 9.97 Å². The molecule has 1 aromatic heterocycles. The first kappa shape index (κ1) is 9.51. The van der Waals surface area contributed by atoms with E-state index in [1.54, 1.807) is 18.5 Å². The largest absolute Gasteiger partial charge is 0.282 e. The van der Waals surface area contributed by atoms with Gasteiger partial charge in [-0.05, 0) is 12.5 Å². The first-order chi connectivity index (χ1) is 7.24. The van der Waals surface area contributed by atoms with Crippen LogP contribution in [0, 0.1) is 5.41 Å². The van der Waals surface area contributed by atoms with Gasteiger partial charge in [-0.3, -0.25) is 5.41 Å². The number of aromatic nitrogens is 2. The van der Waals surface area contributed by atoms with E-state index in [2.05, 4.69) is 21.6 Å². The molecule has 0 bridgehead atoms. The summed E-state index contributed by atoms with van der Waals surface area (Å²) in [6.45, 7) is 5.79. The maximum Gasteiger partial charge on any atom is 0.252 e. The van der Waals surface area contributed by atoms with Gasteiger partial charge in [-0.2, -0.15) is 10.1 Å². The second-order valence-corrected chi connectivity index (χ2v) is 3.09. The molecule has 1 aliphatic heterocycles. The Labute approximate surface area is 87.7 Å². The minimum atomic E-state index is 0.248. The fourth-order valence-electron chi connectivity index (χ4n) is 1.32. The summed E-state index contributed by atoms with van der Waals surface area (Å²) in [7, 11) is 0. The molecular formula is C10H11N5. The number of nitrogens with zero attached hydrogens (tertiary/aromatic N) is 4. The van der Waals surface area contributed by atoms with Gasteiger partial charge in [0.15, 0.2) is 5.84 Å². The molecule has 0 saturated heterocycles. The summed E-state index contributed by atoms with van der Waals surface area (Å²) in [5.74, 6) is 0.658. The van der Waals surface area contributed by atoms with E-state index in [0.717, 1.165) is 12.1 Å². The second kappa shape index (κ2) is 3.61. The Hall–Kier alpha value is -2.04. The molecule has 76 valence electrons. The van der Waals surface area contributed by atoms with Crippen molar-refractivity contribution >= 4 is 17.5 Å². The Balaban J connectivity index is 2.37. The van der Waals surface area contributed by atoms with E-state index in [-0.39, 0.29) is 5.84 Å². The van der Waals surface area contributed by atoms with Crippen molar-refractivity contribution in [3.63, 3.8) is 0 Å². The van der Waals surface area contributed by atoms with Crippen LogP contribution in [0.15, 0.2) is 35.7 Å². The molecule has 2 heterocycles. The lowest BCUT2D eigenvalue weighted by atomic mass is 10.1. The molecule has 0 radical (unpaired) electrons. The quantitative estimate of drug-likeness (QED) is 0.790. The summed E-state index contributed by atoms with van der Waals surface area (Å²) >= 11 is 0. The van der Waals surface area contributed by atoms with Crippen molar-refractivity contribution in [1.82, 2.24) is 9.97 Å². The molecule has 1 aromatic rings. The summed E-state index contributed by atoms with van der Waals surface area (Å²) < 4.78 is 0.